The third kappa shape index (κ3) is 3.55. The maximum atomic E-state index is 13.8. The Labute approximate surface area is 142 Å². The predicted octanol–water partition coefficient (Wildman–Crippen LogP) is 3.76. The molecule has 2 aromatic carbocycles. The van der Waals surface area contributed by atoms with Crippen LogP contribution in [0.2, 0.25) is 0 Å². The lowest BCUT2D eigenvalue weighted by Crippen LogP contribution is -2.33. The summed E-state index contributed by atoms with van der Waals surface area (Å²) in [6.07, 6.45) is 0.429. The molecule has 0 saturated heterocycles. The van der Waals surface area contributed by atoms with E-state index in [1.165, 1.54) is 0 Å². The number of carbonyl (C=O) groups is 1. The average molecular weight is 351 g/mol. The SMILES string of the molecule is CCOc1ccc2c(c1)C(NC(=O)c1c(F)cc(F)cc1F)CCO2. The number of nitrogens with one attached hydrogen (secondary N) is 1. The fourth-order valence-corrected chi connectivity index (χ4v) is 2.77. The van der Waals surface area contributed by atoms with Gasteiger partial charge in [0.05, 0.1) is 19.3 Å². The second kappa shape index (κ2) is 7.04. The summed E-state index contributed by atoms with van der Waals surface area (Å²) >= 11 is 0. The zero-order valence-electron chi connectivity index (χ0n) is 13.4. The molecule has 1 N–H and O–H groups in total. The number of halogens is 3. The largest absolute Gasteiger partial charge is 0.494 e. The van der Waals surface area contributed by atoms with Crippen LogP contribution in [0.25, 0.3) is 0 Å². The molecule has 0 saturated carbocycles. The number of hydrogen-bond donors (Lipinski definition) is 1. The second-order valence-electron chi connectivity index (χ2n) is 5.54. The van der Waals surface area contributed by atoms with Crippen molar-refractivity contribution in [3.8, 4) is 11.5 Å². The molecule has 1 heterocycles. The van der Waals surface area contributed by atoms with Crippen molar-refractivity contribution in [1.29, 1.82) is 0 Å². The van der Waals surface area contributed by atoms with Crippen LogP contribution < -0.4 is 14.8 Å². The van der Waals surface area contributed by atoms with Crippen LogP contribution in [0.3, 0.4) is 0 Å². The first-order chi connectivity index (χ1) is 12.0. The van der Waals surface area contributed by atoms with Gasteiger partial charge in [-0.25, -0.2) is 13.2 Å². The molecule has 0 bridgehead atoms. The number of hydrogen-bond acceptors (Lipinski definition) is 3. The summed E-state index contributed by atoms with van der Waals surface area (Å²) in [4.78, 5) is 12.3. The number of rotatable bonds is 4. The standard InChI is InChI=1S/C18H16F3NO3/c1-2-24-11-3-4-16-12(9-11)15(5-6-25-16)22-18(23)17-13(20)7-10(19)8-14(17)21/h3-4,7-9,15H,2,5-6H2,1H3,(H,22,23). The van der Waals surface area contributed by atoms with E-state index in [1.54, 1.807) is 18.2 Å². The molecule has 1 unspecified atom stereocenters. The van der Waals surface area contributed by atoms with Crippen LogP contribution in [0.15, 0.2) is 30.3 Å². The van der Waals surface area contributed by atoms with Crippen LogP contribution in [0, 0.1) is 17.5 Å². The van der Waals surface area contributed by atoms with Gasteiger partial charge in [-0.05, 0) is 25.1 Å². The van der Waals surface area contributed by atoms with Crippen molar-refractivity contribution >= 4 is 5.91 Å². The van der Waals surface area contributed by atoms with Gasteiger partial charge < -0.3 is 14.8 Å². The highest BCUT2D eigenvalue weighted by atomic mass is 19.1. The van der Waals surface area contributed by atoms with E-state index in [1.807, 2.05) is 6.92 Å². The highest BCUT2D eigenvalue weighted by Gasteiger charge is 2.27. The molecule has 4 nitrogen and oxygen atoms in total. The fraction of sp³-hybridized carbons (Fsp3) is 0.278. The molecule has 7 heteroatoms. The van der Waals surface area contributed by atoms with Crippen LogP contribution in [0.1, 0.15) is 35.3 Å². The Kier molecular flexibility index (Phi) is 4.83. The van der Waals surface area contributed by atoms with Crippen LogP contribution in [-0.4, -0.2) is 19.1 Å². The summed E-state index contributed by atoms with van der Waals surface area (Å²) in [6.45, 7) is 2.66. The van der Waals surface area contributed by atoms with Gasteiger partial charge in [-0.2, -0.15) is 0 Å². The molecular weight excluding hydrogens is 335 g/mol. The maximum Gasteiger partial charge on any atom is 0.257 e. The third-order valence-corrected chi connectivity index (χ3v) is 3.87. The first-order valence-electron chi connectivity index (χ1n) is 7.84. The normalized spacial score (nSPS) is 15.9. The van der Waals surface area contributed by atoms with Crippen molar-refractivity contribution < 1.29 is 27.4 Å². The molecule has 0 aliphatic carbocycles. The Balaban J connectivity index is 1.87. The molecule has 0 aromatic heterocycles. The zero-order valence-corrected chi connectivity index (χ0v) is 13.4. The fourth-order valence-electron chi connectivity index (χ4n) is 2.77. The summed E-state index contributed by atoms with van der Waals surface area (Å²) in [5, 5.41) is 2.58. The van der Waals surface area contributed by atoms with E-state index >= 15 is 0 Å². The summed E-state index contributed by atoms with van der Waals surface area (Å²) in [5.41, 5.74) is -0.149. The van der Waals surface area contributed by atoms with Crippen LogP contribution in [0.5, 0.6) is 11.5 Å². The average Bonchev–Trinajstić information content (AvgIpc) is 2.54. The lowest BCUT2D eigenvalue weighted by molar-refractivity contribution is 0.0916. The molecule has 2 aromatic rings. The van der Waals surface area contributed by atoms with Crippen molar-refractivity contribution in [2.45, 2.75) is 19.4 Å². The van der Waals surface area contributed by atoms with Crippen LogP contribution in [-0.2, 0) is 0 Å². The highest BCUT2D eigenvalue weighted by Crippen LogP contribution is 2.35. The monoisotopic (exact) mass is 351 g/mol. The summed E-state index contributed by atoms with van der Waals surface area (Å²) in [7, 11) is 0. The molecule has 1 amide bonds. The number of ether oxygens (including phenoxy) is 2. The Bertz CT molecular complexity index is 787. The summed E-state index contributed by atoms with van der Waals surface area (Å²) < 4.78 is 51.5. The van der Waals surface area contributed by atoms with E-state index < -0.39 is 35.0 Å². The van der Waals surface area contributed by atoms with Crippen molar-refractivity contribution in [2.24, 2.45) is 0 Å². The van der Waals surface area contributed by atoms with E-state index in [-0.39, 0.29) is 0 Å². The highest BCUT2D eigenvalue weighted by molar-refractivity contribution is 5.95. The maximum absolute atomic E-state index is 13.8. The molecule has 0 spiro atoms. The summed E-state index contributed by atoms with van der Waals surface area (Å²) in [6, 6.07) is 5.64. The van der Waals surface area contributed by atoms with Gasteiger partial charge in [0.1, 0.15) is 34.5 Å². The van der Waals surface area contributed by atoms with Crippen molar-refractivity contribution in [3.05, 3.63) is 58.9 Å². The van der Waals surface area contributed by atoms with Gasteiger partial charge in [-0.3, -0.25) is 4.79 Å². The third-order valence-electron chi connectivity index (χ3n) is 3.87. The minimum Gasteiger partial charge on any atom is -0.494 e. The second-order valence-corrected chi connectivity index (χ2v) is 5.54. The zero-order chi connectivity index (χ0) is 18.0. The van der Waals surface area contributed by atoms with Gasteiger partial charge in [0.25, 0.3) is 5.91 Å². The van der Waals surface area contributed by atoms with Crippen molar-refractivity contribution in [3.63, 3.8) is 0 Å². The van der Waals surface area contributed by atoms with E-state index in [4.69, 9.17) is 9.47 Å². The molecular formula is C18H16F3NO3. The van der Waals surface area contributed by atoms with Crippen molar-refractivity contribution in [2.75, 3.05) is 13.2 Å². The number of benzene rings is 2. The molecule has 1 aliphatic rings. The van der Waals surface area contributed by atoms with Crippen LogP contribution in [0.4, 0.5) is 13.2 Å². The quantitative estimate of drug-likeness (QED) is 0.913. The first kappa shape index (κ1) is 17.1. The van der Waals surface area contributed by atoms with Gasteiger partial charge >= 0.3 is 0 Å². The van der Waals surface area contributed by atoms with E-state index in [0.717, 1.165) is 0 Å². The molecule has 132 valence electrons. The van der Waals surface area contributed by atoms with Crippen LogP contribution >= 0.6 is 0 Å². The number of fused-ring (bicyclic) bond motifs is 1. The van der Waals surface area contributed by atoms with Gasteiger partial charge in [-0.1, -0.05) is 0 Å². The molecule has 0 fully saturated rings. The van der Waals surface area contributed by atoms with Gasteiger partial charge in [-0.15, -0.1) is 0 Å². The number of amides is 1. The lowest BCUT2D eigenvalue weighted by atomic mass is 9.99. The Hall–Kier alpha value is -2.70. The first-order valence-corrected chi connectivity index (χ1v) is 7.84. The van der Waals surface area contributed by atoms with E-state index in [9.17, 15) is 18.0 Å². The Morgan fingerprint density at radius 1 is 1.24 bits per heavy atom. The summed E-state index contributed by atoms with van der Waals surface area (Å²) in [5.74, 6) is -3.35. The topological polar surface area (TPSA) is 47.6 Å². The van der Waals surface area contributed by atoms with Gasteiger partial charge in [0.2, 0.25) is 0 Å². The lowest BCUT2D eigenvalue weighted by Gasteiger charge is -2.27. The smallest absolute Gasteiger partial charge is 0.257 e. The molecule has 3 rings (SSSR count). The number of carbonyl (C=O) groups excluding carboxylic acids is 1. The Morgan fingerprint density at radius 2 is 1.96 bits per heavy atom. The molecule has 1 aliphatic heterocycles. The minimum absolute atomic E-state index is 0.348. The molecule has 0 radical (unpaired) electrons. The predicted molar refractivity (Wildman–Crippen MR) is 84.2 cm³/mol. The molecule has 1 atom stereocenters. The minimum atomic E-state index is -1.25. The van der Waals surface area contributed by atoms with E-state index in [0.29, 0.717) is 48.8 Å². The Morgan fingerprint density at radius 3 is 2.64 bits per heavy atom. The molecule has 25 heavy (non-hydrogen) atoms. The van der Waals surface area contributed by atoms with Gasteiger partial charge in [0.15, 0.2) is 0 Å². The van der Waals surface area contributed by atoms with Crippen molar-refractivity contribution in [1.82, 2.24) is 5.32 Å². The van der Waals surface area contributed by atoms with E-state index in [2.05, 4.69) is 5.32 Å². The van der Waals surface area contributed by atoms with Gasteiger partial charge in [0, 0.05) is 24.1 Å².